The van der Waals surface area contributed by atoms with E-state index in [-0.39, 0.29) is 0 Å². The molecule has 2 nitrogen and oxygen atoms in total. The first kappa shape index (κ1) is 30.5. The molecule has 0 aliphatic carbocycles. The number of benzene rings is 9. The van der Waals surface area contributed by atoms with Crippen LogP contribution in [0.1, 0.15) is 0 Å². The van der Waals surface area contributed by atoms with Crippen molar-refractivity contribution in [1.29, 1.82) is 0 Å². The molecule has 11 rings (SSSR count). The van der Waals surface area contributed by atoms with Crippen LogP contribution in [-0.4, -0.2) is 9.13 Å². The van der Waals surface area contributed by atoms with Crippen molar-refractivity contribution in [1.82, 2.24) is 9.13 Å². The van der Waals surface area contributed by atoms with Crippen LogP contribution >= 0.6 is 0 Å². The zero-order chi connectivity index (χ0) is 35.6. The number of hydrogen-bond acceptors (Lipinski definition) is 0. The Labute approximate surface area is 313 Å². The maximum Gasteiger partial charge on any atom is 0.0562 e. The Balaban J connectivity index is 1.12. The summed E-state index contributed by atoms with van der Waals surface area (Å²) >= 11 is 0. The zero-order valence-corrected chi connectivity index (χ0v) is 29.5. The fraction of sp³-hybridized carbons (Fsp3) is 0. The van der Waals surface area contributed by atoms with Gasteiger partial charge in [0, 0.05) is 32.9 Å². The Kier molecular flexibility index (Phi) is 6.90. The molecule has 0 atom stereocenters. The molecule has 0 spiro atoms. The fourth-order valence-corrected chi connectivity index (χ4v) is 8.49. The molecule has 0 aliphatic heterocycles. The molecule has 0 bridgehead atoms. The lowest BCUT2D eigenvalue weighted by molar-refractivity contribution is 1.17. The van der Waals surface area contributed by atoms with Crippen LogP contribution in [0.15, 0.2) is 206 Å². The Morgan fingerprint density at radius 3 is 1.28 bits per heavy atom. The highest BCUT2D eigenvalue weighted by molar-refractivity contribution is 6.20. The van der Waals surface area contributed by atoms with E-state index in [2.05, 4.69) is 215 Å². The quantitative estimate of drug-likeness (QED) is 0.171. The summed E-state index contributed by atoms with van der Waals surface area (Å²) in [6.07, 6.45) is 0. The molecule has 0 aliphatic rings. The summed E-state index contributed by atoms with van der Waals surface area (Å²) in [5.74, 6) is 0. The average Bonchev–Trinajstić information content (AvgIpc) is 3.74. The first-order chi connectivity index (χ1) is 26.8. The van der Waals surface area contributed by atoms with Crippen LogP contribution < -0.4 is 0 Å². The van der Waals surface area contributed by atoms with E-state index in [1.165, 1.54) is 87.8 Å². The summed E-state index contributed by atoms with van der Waals surface area (Å²) in [6, 6.07) is 75.2. The van der Waals surface area contributed by atoms with Gasteiger partial charge in [-0.05, 0) is 117 Å². The summed E-state index contributed by atoms with van der Waals surface area (Å²) in [6.45, 7) is 0. The van der Waals surface area contributed by atoms with Crippen LogP contribution in [0.2, 0.25) is 0 Å². The molecule has 2 heteroatoms. The van der Waals surface area contributed by atoms with Crippen molar-refractivity contribution in [3.63, 3.8) is 0 Å². The molecule has 0 amide bonds. The molecule has 2 heterocycles. The van der Waals surface area contributed by atoms with Crippen LogP contribution in [0.3, 0.4) is 0 Å². The Morgan fingerprint density at radius 2 is 0.648 bits per heavy atom. The van der Waals surface area contributed by atoms with Gasteiger partial charge in [-0.3, -0.25) is 0 Å². The van der Waals surface area contributed by atoms with Crippen molar-refractivity contribution in [2.24, 2.45) is 0 Å². The van der Waals surface area contributed by atoms with E-state index < -0.39 is 0 Å². The molecule has 9 aromatic carbocycles. The molecule has 0 saturated heterocycles. The molecule has 252 valence electrons. The zero-order valence-electron chi connectivity index (χ0n) is 29.5. The maximum atomic E-state index is 2.44. The Morgan fingerprint density at radius 1 is 0.222 bits per heavy atom. The normalized spacial score (nSPS) is 11.7. The van der Waals surface area contributed by atoms with Crippen LogP contribution in [0, 0.1) is 0 Å². The Hall–Kier alpha value is -7.16. The SMILES string of the molecule is c1ccc(-c2cc(-c3ccccc3)cc(-c3ccc(-n4c5ccccc5c5cc6c7cc8ccccc8cc7n(-c7ccccc7)c6cc54)cc3)c2)cc1. The number of fused-ring (bicyclic) bond motifs is 7. The van der Waals surface area contributed by atoms with Gasteiger partial charge in [-0.25, -0.2) is 0 Å². The van der Waals surface area contributed by atoms with E-state index in [1.807, 2.05) is 0 Å². The summed E-state index contributed by atoms with van der Waals surface area (Å²) in [4.78, 5) is 0. The molecular weight excluding hydrogens is 653 g/mol. The monoisotopic (exact) mass is 686 g/mol. The largest absolute Gasteiger partial charge is 0.309 e. The van der Waals surface area contributed by atoms with E-state index in [1.54, 1.807) is 0 Å². The van der Waals surface area contributed by atoms with Gasteiger partial charge in [0.1, 0.15) is 0 Å². The van der Waals surface area contributed by atoms with E-state index >= 15 is 0 Å². The molecule has 0 unspecified atom stereocenters. The van der Waals surface area contributed by atoms with E-state index in [0.29, 0.717) is 0 Å². The van der Waals surface area contributed by atoms with Gasteiger partial charge in [0.25, 0.3) is 0 Å². The van der Waals surface area contributed by atoms with E-state index in [4.69, 9.17) is 0 Å². The second-order valence-electron chi connectivity index (χ2n) is 14.2. The average molecular weight is 687 g/mol. The second kappa shape index (κ2) is 12.2. The third-order valence-corrected chi connectivity index (χ3v) is 11.0. The van der Waals surface area contributed by atoms with Gasteiger partial charge in [0.05, 0.1) is 22.1 Å². The number of para-hydroxylation sites is 2. The number of rotatable bonds is 5. The van der Waals surface area contributed by atoms with Gasteiger partial charge >= 0.3 is 0 Å². The van der Waals surface area contributed by atoms with Crippen molar-refractivity contribution >= 4 is 54.4 Å². The molecule has 54 heavy (non-hydrogen) atoms. The van der Waals surface area contributed by atoms with Gasteiger partial charge < -0.3 is 9.13 Å². The van der Waals surface area contributed by atoms with Crippen molar-refractivity contribution in [3.8, 4) is 44.8 Å². The molecule has 0 fully saturated rings. The standard InChI is InChI=1S/C52H34N2/c1-4-14-35(15-5-1)40-28-41(36-16-6-2-7-17-36)30-42(29-40)37-24-26-44(27-25-37)53-49-23-13-12-22-45(49)47-33-48-46-31-38-18-10-11-19-39(38)32-50(46)54(52(48)34-51(47)53)43-20-8-3-9-21-43/h1-34H. The van der Waals surface area contributed by atoms with Gasteiger partial charge in [-0.2, -0.15) is 0 Å². The van der Waals surface area contributed by atoms with Gasteiger partial charge in [-0.15, -0.1) is 0 Å². The highest BCUT2D eigenvalue weighted by atomic mass is 15.0. The summed E-state index contributed by atoms with van der Waals surface area (Å²) in [5.41, 5.74) is 14.3. The molecule has 0 N–H and O–H groups in total. The fourth-order valence-electron chi connectivity index (χ4n) is 8.49. The number of aromatic nitrogens is 2. The lowest BCUT2D eigenvalue weighted by Gasteiger charge is -2.13. The van der Waals surface area contributed by atoms with Crippen LogP contribution in [0.4, 0.5) is 0 Å². The third-order valence-electron chi connectivity index (χ3n) is 11.0. The number of nitrogens with zero attached hydrogens (tertiary/aromatic N) is 2. The first-order valence-corrected chi connectivity index (χ1v) is 18.6. The molecule has 0 radical (unpaired) electrons. The van der Waals surface area contributed by atoms with Crippen LogP contribution in [0.25, 0.3) is 99.1 Å². The third kappa shape index (κ3) is 4.88. The summed E-state index contributed by atoms with van der Waals surface area (Å²) < 4.78 is 4.87. The minimum absolute atomic E-state index is 1.14. The molecule has 2 aromatic heterocycles. The second-order valence-corrected chi connectivity index (χ2v) is 14.2. The van der Waals surface area contributed by atoms with Crippen molar-refractivity contribution < 1.29 is 0 Å². The predicted molar refractivity (Wildman–Crippen MR) is 229 cm³/mol. The summed E-state index contributed by atoms with van der Waals surface area (Å²) in [5, 5.41) is 7.54. The summed E-state index contributed by atoms with van der Waals surface area (Å²) in [7, 11) is 0. The minimum atomic E-state index is 1.14. The maximum absolute atomic E-state index is 2.44. The van der Waals surface area contributed by atoms with Crippen LogP contribution in [-0.2, 0) is 0 Å². The lowest BCUT2D eigenvalue weighted by atomic mass is 9.93. The smallest absolute Gasteiger partial charge is 0.0562 e. The first-order valence-electron chi connectivity index (χ1n) is 18.6. The van der Waals surface area contributed by atoms with Crippen molar-refractivity contribution in [3.05, 3.63) is 206 Å². The van der Waals surface area contributed by atoms with Crippen LogP contribution in [0.5, 0.6) is 0 Å². The van der Waals surface area contributed by atoms with E-state index in [9.17, 15) is 0 Å². The number of hydrogen-bond donors (Lipinski definition) is 0. The molecule has 0 saturated carbocycles. The molecule has 11 aromatic rings. The van der Waals surface area contributed by atoms with Gasteiger partial charge in [0.2, 0.25) is 0 Å². The molecular formula is C52H34N2. The topological polar surface area (TPSA) is 9.86 Å². The van der Waals surface area contributed by atoms with Gasteiger partial charge in [0.15, 0.2) is 0 Å². The highest BCUT2D eigenvalue weighted by Gasteiger charge is 2.19. The lowest BCUT2D eigenvalue weighted by Crippen LogP contribution is -1.96. The van der Waals surface area contributed by atoms with E-state index in [0.717, 1.165) is 11.4 Å². The van der Waals surface area contributed by atoms with Crippen molar-refractivity contribution in [2.75, 3.05) is 0 Å². The van der Waals surface area contributed by atoms with Gasteiger partial charge in [-0.1, -0.05) is 133 Å². The minimum Gasteiger partial charge on any atom is -0.309 e. The predicted octanol–water partition coefficient (Wildman–Crippen LogP) is 14.0. The highest BCUT2D eigenvalue weighted by Crippen LogP contribution is 2.41. The van der Waals surface area contributed by atoms with Crippen molar-refractivity contribution in [2.45, 2.75) is 0 Å². The Bertz CT molecular complexity index is 3110.